The molecule has 20 heavy (non-hydrogen) atoms. The van der Waals surface area contributed by atoms with Crippen molar-refractivity contribution < 1.29 is 18.3 Å². The molecule has 1 aromatic rings. The van der Waals surface area contributed by atoms with Gasteiger partial charge in [-0.25, -0.2) is 8.78 Å². The van der Waals surface area contributed by atoms with Crippen molar-refractivity contribution in [1.82, 2.24) is 5.32 Å². The zero-order valence-electron chi connectivity index (χ0n) is 12.1. The highest BCUT2D eigenvalue weighted by Gasteiger charge is 2.30. The largest absolute Gasteiger partial charge is 0.466 e. The number of halogens is 2. The average Bonchev–Trinajstić information content (AvgIpc) is 2.39. The Morgan fingerprint density at radius 2 is 2.00 bits per heavy atom. The Balaban J connectivity index is 3.02. The summed E-state index contributed by atoms with van der Waals surface area (Å²) in [6, 6.07) is 3.68. The van der Waals surface area contributed by atoms with Crippen LogP contribution in [0.25, 0.3) is 0 Å². The van der Waals surface area contributed by atoms with E-state index in [9.17, 15) is 13.6 Å². The Kier molecular flexibility index (Phi) is 6.07. The molecule has 5 heteroatoms. The molecule has 0 aliphatic heterocycles. The van der Waals surface area contributed by atoms with Crippen molar-refractivity contribution in [3.8, 4) is 0 Å². The lowest BCUT2D eigenvalue weighted by Gasteiger charge is -2.31. The highest BCUT2D eigenvalue weighted by molar-refractivity contribution is 5.71. The molecular formula is C15H21F2NO2. The molecule has 0 aromatic heterocycles. The number of esters is 1. The van der Waals surface area contributed by atoms with Crippen LogP contribution < -0.4 is 5.32 Å². The molecular weight excluding hydrogens is 264 g/mol. The summed E-state index contributed by atoms with van der Waals surface area (Å²) in [5.74, 6) is -2.19. The van der Waals surface area contributed by atoms with E-state index in [2.05, 4.69) is 5.32 Å². The first-order valence-corrected chi connectivity index (χ1v) is 6.79. The van der Waals surface area contributed by atoms with Gasteiger partial charge in [0.15, 0.2) is 11.6 Å². The Morgan fingerprint density at radius 3 is 2.55 bits per heavy atom. The SMILES string of the molecule is CCCNC(C)(CC(=O)OCC)c1ccc(F)c(F)c1. The van der Waals surface area contributed by atoms with E-state index in [1.807, 2.05) is 6.92 Å². The van der Waals surface area contributed by atoms with Crippen LogP contribution in [0, 0.1) is 11.6 Å². The summed E-state index contributed by atoms with van der Waals surface area (Å²) in [4.78, 5) is 11.7. The second-order valence-electron chi connectivity index (χ2n) is 4.87. The summed E-state index contributed by atoms with van der Waals surface area (Å²) in [5, 5.41) is 3.21. The van der Waals surface area contributed by atoms with Crippen LogP contribution >= 0.6 is 0 Å². The predicted octanol–water partition coefficient (Wildman–Crippen LogP) is 3.13. The molecule has 112 valence electrons. The standard InChI is InChI=1S/C15H21F2NO2/c1-4-8-18-15(3,10-14(19)20-5-2)11-6-7-12(16)13(17)9-11/h6-7,9,18H,4-5,8,10H2,1-3H3. The quantitative estimate of drug-likeness (QED) is 0.782. The van der Waals surface area contributed by atoms with Gasteiger partial charge in [-0.3, -0.25) is 4.79 Å². The van der Waals surface area contributed by atoms with Crippen LogP contribution in [0.15, 0.2) is 18.2 Å². The van der Waals surface area contributed by atoms with Gasteiger partial charge in [0.05, 0.1) is 18.6 Å². The maximum atomic E-state index is 13.4. The van der Waals surface area contributed by atoms with Gasteiger partial charge in [-0.15, -0.1) is 0 Å². The number of rotatable bonds is 7. The van der Waals surface area contributed by atoms with Crippen LogP contribution in [0.4, 0.5) is 8.78 Å². The van der Waals surface area contributed by atoms with Crippen LogP contribution in [0.2, 0.25) is 0 Å². The predicted molar refractivity (Wildman–Crippen MR) is 73.3 cm³/mol. The Bertz CT molecular complexity index is 465. The van der Waals surface area contributed by atoms with Gasteiger partial charge in [-0.2, -0.15) is 0 Å². The summed E-state index contributed by atoms with van der Waals surface area (Å²) < 4.78 is 31.4. The lowest BCUT2D eigenvalue weighted by Crippen LogP contribution is -2.42. The maximum absolute atomic E-state index is 13.4. The molecule has 0 aliphatic rings. The van der Waals surface area contributed by atoms with Gasteiger partial charge in [-0.1, -0.05) is 13.0 Å². The zero-order valence-corrected chi connectivity index (χ0v) is 12.1. The van der Waals surface area contributed by atoms with E-state index in [1.165, 1.54) is 6.07 Å². The van der Waals surface area contributed by atoms with Gasteiger partial charge in [0.25, 0.3) is 0 Å². The highest BCUT2D eigenvalue weighted by Crippen LogP contribution is 2.26. The van der Waals surface area contributed by atoms with Crippen molar-refractivity contribution in [3.63, 3.8) is 0 Å². The molecule has 0 fully saturated rings. The topological polar surface area (TPSA) is 38.3 Å². The monoisotopic (exact) mass is 285 g/mol. The van der Waals surface area contributed by atoms with E-state index in [0.717, 1.165) is 18.6 Å². The van der Waals surface area contributed by atoms with Gasteiger partial charge in [0, 0.05) is 0 Å². The summed E-state index contributed by atoms with van der Waals surface area (Å²) >= 11 is 0. The molecule has 1 rings (SSSR count). The van der Waals surface area contributed by atoms with Gasteiger partial charge in [0.1, 0.15) is 0 Å². The first-order valence-electron chi connectivity index (χ1n) is 6.79. The molecule has 0 radical (unpaired) electrons. The number of carbonyl (C=O) groups excluding carboxylic acids is 1. The van der Waals surface area contributed by atoms with Crippen molar-refractivity contribution in [2.24, 2.45) is 0 Å². The number of benzene rings is 1. The van der Waals surface area contributed by atoms with Crippen molar-refractivity contribution >= 4 is 5.97 Å². The summed E-state index contributed by atoms with van der Waals surface area (Å²) in [7, 11) is 0. The molecule has 3 nitrogen and oxygen atoms in total. The summed E-state index contributed by atoms with van der Waals surface area (Å²) in [5.41, 5.74) is -0.255. The minimum Gasteiger partial charge on any atom is -0.466 e. The van der Waals surface area contributed by atoms with Gasteiger partial charge in [0.2, 0.25) is 0 Å². The number of ether oxygens (including phenoxy) is 1. The molecule has 0 spiro atoms. The Hall–Kier alpha value is -1.49. The third kappa shape index (κ3) is 4.27. The van der Waals surface area contributed by atoms with Crippen LogP contribution in [0.1, 0.15) is 39.2 Å². The first-order chi connectivity index (χ1) is 9.42. The van der Waals surface area contributed by atoms with Gasteiger partial charge >= 0.3 is 5.97 Å². The second-order valence-corrected chi connectivity index (χ2v) is 4.87. The summed E-state index contributed by atoms with van der Waals surface area (Å²) in [6.45, 7) is 6.46. The molecule has 0 bridgehead atoms. The van der Waals surface area contributed by atoms with Crippen molar-refractivity contribution in [3.05, 3.63) is 35.4 Å². The fraction of sp³-hybridized carbons (Fsp3) is 0.533. The minimum atomic E-state index is -0.920. The second kappa shape index (κ2) is 7.33. The fourth-order valence-electron chi connectivity index (χ4n) is 2.01. The van der Waals surface area contributed by atoms with Crippen molar-refractivity contribution in [2.45, 2.75) is 39.2 Å². The zero-order chi connectivity index (χ0) is 15.2. The Morgan fingerprint density at radius 1 is 1.30 bits per heavy atom. The highest BCUT2D eigenvalue weighted by atomic mass is 19.2. The molecule has 1 unspecified atom stereocenters. The lowest BCUT2D eigenvalue weighted by atomic mass is 9.88. The molecule has 0 saturated heterocycles. The maximum Gasteiger partial charge on any atom is 0.307 e. The third-order valence-electron chi connectivity index (χ3n) is 3.13. The van der Waals surface area contributed by atoms with Gasteiger partial charge < -0.3 is 10.1 Å². The first kappa shape index (κ1) is 16.6. The molecule has 1 aromatic carbocycles. The van der Waals surface area contributed by atoms with E-state index in [-0.39, 0.29) is 12.4 Å². The molecule has 1 N–H and O–H groups in total. The average molecular weight is 285 g/mol. The molecule has 1 atom stereocenters. The van der Waals surface area contributed by atoms with E-state index in [0.29, 0.717) is 18.7 Å². The van der Waals surface area contributed by atoms with Crippen LogP contribution in [-0.2, 0) is 15.1 Å². The van der Waals surface area contributed by atoms with E-state index in [4.69, 9.17) is 4.74 Å². The van der Waals surface area contributed by atoms with E-state index < -0.39 is 17.2 Å². The molecule has 0 saturated carbocycles. The smallest absolute Gasteiger partial charge is 0.307 e. The van der Waals surface area contributed by atoms with E-state index in [1.54, 1.807) is 13.8 Å². The van der Waals surface area contributed by atoms with Crippen LogP contribution in [0.5, 0.6) is 0 Å². The summed E-state index contributed by atoms with van der Waals surface area (Å²) in [6.07, 6.45) is 0.925. The molecule has 0 aliphatic carbocycles. The minimum absolute atomic E-state index is 0.0614. The van der Waals surface area contributed by atoms with Crippen molar-refractivity contribution in [1.29, 1.82) is 0 Å². The number of hydrogen-bond donors (Lipinski definition) is 1. The Labute approximate surface area is 118 Å². The fourth-order valence-corrected chi connectivity index (χ4v) is 2.01. The number of nitrogens with one attached hydrogen (secondary N) is 1. The lowest BCUT2D eigenvalue weighted by molar-refractivity contribution is -0.144. The molecule has 0 amide bonds. The van der Waals surface area contributed by atoms with E-state index >= 15 is 0 Å². The van der Waals surface area contributed by atoms with Gasteiger partial charge in [-0.05, 0) is 44.5 Å². The number of hydrogen-bond acceptors (Lipinski definition) is 3. The normalized spacial score (nSPS) is 13.8. The van der Waals surface area contributed by atoms with Crippen molar-refractivity contribution in [2.75, 3.05) is 13.2 Å². The number of carbonyl (C=O) groups is 1. The third-order valence-corrected chi connectivity index (χ3v) is 3.13. The van der Waals surface area contributed by atoms with Crippen LogP contribution in [0.3, 0.4) is 0 Å². The molecule has 0 heterocycles. The van der Waals surface area contributed by atoms with Crippen LogP contribution in [-0.4, -0.2) is 19.1 Å².